The molecule has 2 atom stereocenters. The standard InChI is InChI=1S/C14H12ClN3O/c15-13-11(7-19)14(17-8-16-13)18-12-6-10(12)9-4-2-1-3-5-9/h1-5,7-8,10,12H,6H2,(H,16,17,18). The van der Waals surface area contributed by atoms with E-state index >= 15 is 0 Å². The first kappa shape index (κ1) is 12.1. The van der Waals surface area contributed by atoms with Crippen LogP contribution in [0, 0.1) is 0 Å². The predicted molar refractivity (Wildman–Crippen MR) is 73.6 cm³/mol. The first-order valence-corrected chi connectivity index (χ1v) is 6.44. The number of hydrogen-bond donors (Lipinski definition) is 1. The molecule has 0 bridgehead atoms. The number of nitrogens with zero attached hydrogens (tertiary/aromatic N) is 2. The van der Waals surface area contributed by atoms with Crippen LogP contribution in [0.4, 0.5) is 5.82 Å². The molecule has 1 aromatic carbocycles. The van der Waals surface area contributed by atoms with Gasteiger partial charge in [0.25, 0.3) is 0 Å². The minimum Gasteiger partial charge on any atom is -0.366 e. The number of carbonyl (C=O) groups excluding carboxylic acids is 1. The summed E-state index contributed by atoms with van der Waals surface area (Å²) >= 11 is 5.86. The number of carbonyl (C=O) groups is 1. The van der Waals surface area contributed by atoms with Gasteiger partial charge in [-0.3, -0.25) is 4.79 Å². The number of aromatic nitrogens is 2. The van der Waals surface area contributed by atoms with E-state index in [1.165, 1.54) is 11.9 Å². The van der Waals surface area contributed by atoms with E-state index in [4.69, 9.17) is 11.6 Å². The first-order valence-electron chi connectivity index (χ1n) is 6.06. The van der Waals surface area contributed by atoms with Crippen molar-refractivity contribution in [2.24, 2.45) is 0 Å². The summed E-state index contributed by atoms with van der Waals surface area (Å²) in [4.78, 5) is 18.9. The average molecular weight is 274 g/mol. The Morgan fingerprint density at radius 2 is 2.05 bits per heavy atom. The highest BCUT2D eigenvalue weighted by atomic mass is 35.5. The highest BCUT2D eigenvalue weighted by Crippen LogP contribution is 2.42. The Kier molecular flexibility index (Phi) is 3.17. The van der Waals surface area contributed by atoms with Crippen LogP contribution in [0.3, 0.4) is 0 Å². The number of anilines is 1. The van der Waals surface area contributed by atoms with E-state index < -0.39 is 0 Å². The van der Waals surface area contributed by atoms with Gasteiger partial charge in [-0.2, -0.15) is 0 Å². The normalized spacial score (nSPS) is 20.9. The van der Waals surface area contributed by atoms with E-state index in [0.29, 0.717) is 29.6 Å². The minimum atomic E-state index is 0.185. The lowest BCUT2D eigenvalue weighted by atomic mass is 10.1. The van der Waals surface area contributed by atoms with Gasteiger partial charge in [-0.25, -0.2) is 9.97 Å². The van der Waals surface area contributed by atoms with Crippen LogP contribution in [0.2, 0.25) is 5.15 Å². The van der Waals surface area contributed by atoms with E-state index in [1.54, 1.807) is 0 Å². The summed E-state index contributed by atoms with van der Waals surface area (Å²) in [6.07, 6.45) is 3.08. The van der Waals surface area contributed by atoms with Gasteiger partial charge in [0.15, 0.2) is 6.29 Å². The molecule has 1 N–H and O–H groups in total. The third kappa shape index (κ3) is 2.44. The Morgan fingerprint density at radius 1 is 1.26 bits per heavy atom. The van der Waals surface area contributed by atoms with Crippen molar-refractivity contribution in [3.8, 4) is 0 Å². The van der Waals surface area contributed by atoms with Gasteiger partial charge in [0, 0.05) is 12.0 Å². The molecular formula is C14H12ClN3O. The van der Waals surface area contributed by atoms with Crippen molar-refractivity contribution in [1.29, 1.82) is 0 Å². The Labute approximate surface area is 115 Å². The molecule has 0 aliphatic heterocycles. The Hall–Kier alpha value is -1.94. The zero-order valence-corrected chi connectivity index (χ0v) is 10.8. The smallest absolute Gasteiger partial charge is 0.156 e. The fraction of sp³-hybridized carbons (Fsp3) is 0.214. The van der Waals surface area contributed by atoms with Crippen LogP contribution in [0.15, 0.2) is 36.7 Å². The Morgan fingerprint density at radius 3 is 2.79 bits per heavy atom. The number of halogens is 1. The van der Waals surface area contributed by atoms with Crippen LogP contribution < -0.4 is 5.32 Å². The maximum Gasteiger partial charge on any atom is 0.156 e. The van der Waals surface area contributed by atoms with E-state index in [9.17, 15) is 4.79 Å². The van der Waals surface area contributed by atoms with Gasteiger partial charge >= 0.3 is 0 Å². The highest BCUT2D eigenvalue weighted by Gasteiger charge is 2.38. The van der Waals surface area contributed by atoms with E-state index in [2.05, 4.69) is 27.4 Å². The van der Waals surface area contributed by atoms with Crippen molar-refractivity contribution >= 4 is 23.7 Å². The summed E-state index contributed by atoms with van der Waals surface area (Å²) < 4.78 is 0. The van der Waals surface area contributed by atoms with Gasteiger partial charge in [-0.1, -0.05) is 41.9 Å². The lowest BCUT2D eigenvalue weighted by molar-refractivity contribution is 0.112. The zero-order chi connectivity index (χ0) is 13.2. The Balaban J connectivity index is 1.75. The topological polar surface area (TPSA) is 54.9 Å². The number of nitrogens with one attached hydrogen (secondary N) is 1. The Bertz CT molecular complexity index is 603. The fourth-order valence-corrected chi connectivity index (χ4v) is 2.37. The molecule has 3 rings (SSSR count). The second-order valence-electron chi connectivity index (χ2n) is 4.55. The molecule has 2 aromatic rings. The van der Waals surface area contributed by atoms with Gasteiger partial charge in [0.1, 0.15) is 17.3 Å². The van der Waals surface area contributed by atoms with Gasteiger partial charge in [0.2, 0.25) is 0 Å². The number of benzene rings is 1. The van der Waals surface area contributed by atoms with Crippen LogP contribution in [-0.2, 0) is 0 Å². The maximum absolute atomic E-state index is 11.0. The maximum atomic E-state index is 11.0. The monoisotopic (exact) mass is 273 g/mol. The molecule has 1 fully saturated rings. The predicted octanol–water partition coefficient (Wildman–Crippen LogP) is 2.91. The van der Waals surface area contributed by atoms with E-state index in [1.807, 2.05) is 18.2 Å². The van der Waals surface area contributed by atoms with Crippen molar-refractivity contribution in [3.05, 3.63) is 52.9 Å². The summed E-state index contributed by atoms with van der Waals surface area (Å²) in [5, 5.41) is 3.44. The molecule has 4 nitrogen and oxygen atoms in total. The van der Waals surface area contributed by atoms with Gasteiger partial charge < -0.3 is 5.32 Å². The molecule has 5 heteroatoms. The SMILES string of the molecule is O=Cc1c(Cl)ncnc1NC1CC1c1ccccc1. The van der Waals surface area contributed by atoms with Crippen molar-refractivity contribution in [2.75, 3.05) is 5.32 Å². The molecule has 2 unspecified atom stereocenters. The van der Waals surface area contributed by atoms with Crippen molar-refractivity contribution in [2.45, 2.75) is 18.4 Å². The molecule has 0 radical (unpaired) electrons. The lowest BCUT2D eigenvalue weighted by Crippen LogP contribution is -2.09. The molecule has 1 saturated carbocycles. The van der Waals surface area contributed by atoms with Crippen LogP contribution in [0.1, 0.15) is 28.3 Å². The molecule has 0 spiro atoms. The zero-order valence-electron chi connectivity index (χ0n) is 10.1. The van der Waals surface area contributed by atoms with Crippen LogP contribution in [0.5, 0.6) is 0 Å². The molecule has 0 amide bonds. The lowest BCUT2D eigenvalue weighted by Gasteiger charge is -2.07. The average Bonchev–Trinajstić information content (AvgIpc) is 3.19. The molecule has 1 heterocycles. The number of hydrogen-bond acceptors (Lipinski definition) is 4. The third-order valence-electron chi connectivity index (χ3n) is 3.29. The molecular weight excluding hydrogens is 262 g/mol. The number of aldehydes is 1. The van der Waals surface area contributed by atoms with Gasteiger partial charge in [-0.15, -0.1) is 0 Å². The fourth-order valence-electron chi connectivity index (χ4n) is 2.19. The molecule has 0 saturated heterocycles. The minimum absolute atomic E-state index is 0.185. The van der Waals surface area contributed by atoms with E-state index in [-0.39, 0.29) is 5.15 Å². The summed E-state index contributed by atoms with van der Waals surface area (Å²) in [5.74, 6) is 0.980. The van der Waals surface area contributed by atoms with Crippen LogP contribution >= 0.6 is 11.6 Å². The summed E-state index contributed by atoms with van der Waals surface area (Å²) in [6, 6.07) is 10.6. The second-order valence-corrected chi connectivity index (χ2v) is 4.91. The van der Waals surface area contributed by atoms with Crippen molar-refractivity contribution in [3.63, 3.8) is 0 Å². The van der Waals surface area contributed by atoms with Gasteiger partial charge in [-0.05, 0) is 12.0 Å². The van der Waals surface area contributed by atoms with E-state index in [0.717, 1.165) is 6.42 Å². The van der Waals surface area contributed by atoms with Crippen molar-refractivity contribution < 1.29 is 4.79 Å². The second kappa shape index (κ2) is 4.97. The largest absolute Gasteiger partial charge is 0.366 e. The first-order chi connectivity index (χ1) is 9.29. The molecule has 1 aliphatic carbocycles. The summed E-state index contributed by atoms with van der Waals surface area (Å²) in [7, 11) is 0. The molecule has 96 valence electrons. The summed E-state index contributed by atoms with van der Waals surface area (Å²) in [6.45, 7) is 0. The van der Waals surface area contributed by atoms with Crippen LogP contribution in [0.25, 0.3) is 0 Å². The third-order valence-corrected chi connectivity index (χ3v) is 3.59. The van der Waals surface area contributed by atoms with Gasteiger partial charge in [0.05, 0.1) is 5.56 Å². The van der Waals surface area contributed by atoms with Crippen LogP contribution in [-0.4, -0.2) is 22.3 Å². The molecule has 19 heavy (non-hydrogen) atoms. The quantitative estimate of drug-likeness (QED) is 0.687. The number of rotatable bonds is 4. The molecule has 1 aromatic heterocycles. The van der Waals surface area contributed by atoms with Crippen molar-refractivity contribution in [1.82, 2.24) is 9.97 Å². The molecule has 1 aliphatic rings. The highest BCUT2D eigenvalue weighted by molar-refractivity contribution is 6.32. The summed E-state index contributed by atoms with van der Waals surface area (Å²) in [5.41, 5.74) is 1.62.